The van der Waals surface area contributed by atoms with Gasteiger partial charge in [-0.2, -0.15) is 0 Å². The minimum atomic E-state index is -2.87. The largest absolute Gasteiger partial charge is 0.487 e. The van der Waals surface area contributed by atoms with E-state index in [0.717, 1.165) is 18.4 Å². The molecule has 2 rings (SSSR count). The molecule has 1 aromatic rings. The lowest BCUT2D eigenvalue weighted by Gasteiger charge is -2.27. The van der Waals surface area contributed by atoms with Gasteiger partial charge in [0.1, 0.15) is 11.9 Å². The van der Waals surface area contributed by atoms with E-state index in [1.807, 2.05) is 12.1 Å². The van der Waals surface area contributed by atoms with Crippen molar-refractivity contribution in [1.82, 2.24) is 0 Å². The van der Waals surface area contributed by atoms with E-state index < -0.39 is 9.84 Å². The molecule has 100 valence electrons. The maximum Gasteiger partial charge on any atom is 0.157 e. The van der Waals surface area contributed by atoms with E-state index in [-0.39, 0.29) is 17.6 Å². The summed E-state index contributed by atoms with van der Waals surface area (Å²) in [5.41, 5.74) is 6.56. The number of hydrogen-bond donors (Lipinski definition) is 1. The molecule has 6 heteroatoms. The highest BCUT2D eigenvalue weighted by atomic mass is 35.5. The number of rotatable bonds is 5. The number of aryl methyl sites for hydroxylation is 1. The van der Waals surface area contributed by atoms with Crippen LogP contribution in [0.15, 0.2) is 18.2 Å². The summed E-state index contributed by atoms with van der Waals surface area (Å²) in [5, 5.41) is 0.522. The molecule has 18 heavy (non-hydrogen) atoms. The van der Waals surface area contributed by atoms with Crippen molar-refractivity contribution in [3.8, 4) is 5.75 Å². The first-order chi connectivity index (χ1) is 8.50. The van der Waals surface area contributed by atoms with Crippen LogP contribution in [0.1, 0.15) is 12.0 Å². The average molecular weight is 290 g/mol. The summed E-state index contributed by atoms with van der Waals surface area (Å²) in [6.07, 6.45) is 1.54. The Labute approximate surface area is 112 Å². The fourth-order valence-corrected chi connectivity index (χ4v) is 3.29. The molecule has 1 aliphatic rings. The lowest BCUT2D eigenvalue weighted by Crippen LogP contribution is -2.45. The molecule has 0 unspecified atom stereocenters. The zero-order chi connectivity index (χ0) is 13.2. The molecule has 0 bridgehead atoms. The van der Waals surface area contributed by atoms with Crippen molar-refractivity contribution in [1.29, 1.82) is 0 Å². The first-order valence-electron chi connectivity index (χ1n) is 5.86. The molecule has 0 amide bonds. The normalized spacial score (nSPS) is 18.3. The summed E-state index contributed by atoms with van der Waals surface area (Å²) in [7, 11) is -2.87. The summed E-state index contributed by atoms with van der Waals surface area (Å²) in [6.45, 7) is 0.649. The minimum absolute atomic E-state index is 0.0816. The zero-order valence-corrected chi connectivity index (χ0v) is 11.5. The van der Waals surface area contributed by atoms with Crippen LogP contribution in [-0.4, -0.2) is 32.6 Å². The van der Waals surface area contributed by atoms with Gasteiger partial charge < -0.3 is 10.5 Å². The highest BCUT2D eigenvalue weighted by Gasteiger charge is 2.35. The fourth-order valence-electron chi connectivity index (χ4n) is 1.87. The Morgan fingerprint density at radius 1 is 1.39 bits per heavy atom. The van der Waals surface area contributed by atoms with Crippen molar-refractivity contribution in [3.05, 3.63) is 28.8 Å². The molecule has 4 nitrogen and oxygen atoms in total. The van der Waals surface area contributed by atoms with Gasteiger partial charge in [0.15, 0.2) is 9.84 Å². The lowest BCUT2D eigenvalue weighted by molar-refractivity contribution is 0.230. The van der Waals surface area contributed by atoms with Crippen molar-refractivity contribution in [2.75, 3.05) is 18.1 Å². The topological polar surface area (TPSA) is 69.4 Å². The molecule has 0 spiro atoms. The van der Waals surface area contributed by atoms with Gasteiger partial charge in [-0.15, -0.1) is 0 Å². The second-order valence-electron chi connectivity index (χ2n) is 4.47. The highest BCUT2D eigenvalue weighted by Crippen LogP contribution is 2.29. The number of nitrogens with two attached hydrogens (primary N) is 1. The van der Waals surface area contributed by atoms with E-state index in [2.05, 4.69) is 0 Å². The van der Waals surface area contributed by atoms with Gasteiger partial charge in [0.2, 0.25) is 0 Å². The Balaban J connectivity index is 1.97. The highest BCUT2D eigenvalue weighted by molar-refractivity contribution is 7.92. The predicted octanol–water partition coefficient (Wildman–Crippen LogP) is 1.41. The second kappa shape index (κ2) is 5.47. The molecule has 1 saturated heterocycles. The maximum atomic E-state index is 11.0. The van der Waals surface area contributed by atoms with Crippen LogP contribution in [0, 0.1) is 0 Å². The third-order valence-corrected chi connectivity index (χ3v) is 4.89. The number of ether oxygens (including phenoxy) is 1. The van der Waals surface area contributed by atoms with E-state index in [0.29, 0.717) is 17.3 Å². The first-order valence-corrected chi connectivity index (χ1v) is 8.06. The summed E-state index contributed by atoms with van der Waals surface area (Å²) < 4.78 is 27.6. The van der Waals surface area contributed by atoms with Crippen LogP contribution in [0.4, 0.5) is 0 Å². The van der Waals surface area contributed by atoms with Crippen LogP contribution in [0.25, 0.3) is 0 Å². The van der Waals surface area contributed by atoms with Crippen molar-refractivity contribution in [3.63, 3.8) is 0 Å². The first kappa shape index (κ1) is 13.6. The number of hydrogen-bond acceptors (Lipinski definition) is 4. The number of sulfone groups is 1. The summed E-state index contributed by atoms with van der Waals surface area (Å²) >= 11 is 6.10. The van der Waals surface area contributed by atoms with Gasteiger partial charge in [-0.1, -0.05) is 17.7 Å². The third kappa shape index (κ3) is 3.37. The molecule has 0 aliphatic carbocycles. The Morgan fingerprint density at radius 2 is 2.11 bits per heavy atom. The van der Waals surface area contributed by atoms with E-state index in [9.17, 15) is 8.42 Å². The van der Waals surface area contributed by atoms with Crippen molar-refractivity contribution in [2.24, 2.45) is 5.73 Å². The lowest BCUT2D eigenvalue weighted by atomic mass is 10.1. The average Bonchev–Trinajstić information content (AvgIpc) is 2.27. The van der Waals surface area contributed by atoms with Crippen molar-refractivity contribution in [2.45, 2.75) is 18.9 Å². The Hall–Kier alpha value is -0.780. The van der Waals surface area contributed by atoms with Gasteiger partial charge in [-0.05, 0) is 37.1 Å². The van der Waals surface area contributed by atoms with E-state index in [4.69, 9.17) is 22.1 Å². The van der Waals surface area contributed by atoms with Crippen LogP contribution in [0.2, 0.25) is 5.02 Å². The third-order valence-electron chi connectivity index (χ3n) is 2.84. The molecule has 0 aromatic heterocycles. The molecule has 1 fully saturated rings. The predicted molar refractivity (Wildman–Crippen MR) is 71.9 cm³/mol. The molecule has 0 atom stereocenters. The van der Waals surface area contributed by atoms with Gasteiger partial charge >= 0.3 is 0 Å². The summed E-state index contributed by atoms with van der Waals surface area (Å²) in [6, 6.07) is 5.57. The minimum Gasteiger partial charge on any atom is -0.487 e. The molecular weight excluding hydrogens is 274 g/mol. The van der Waals surface area contributed by atoms with Crippen LogP contribution >= 0.6 is 11.6 Å². The molecular formula is C12H16ClNO3S. The van der Waals surface area contributed by atoms with Gasteiger partial charge in [0.05, 0.1) is 16.5 Å². The summed E-state index contributed by atoms with van der Waals surface area (Å²) in [4.78, 5) is 0. The molecule has 1 aromatic carbocycles. The van der Waals surface area contributed by atoms with E-state index in [1.54, 1.807) is 6.07 Å². The van der Waals surface area contributed by atoms with Crippen molar-refractivity contribution >= 4 is 21.4 Å². The molecule has 1 heterocycles. The maximum absolute atomic E-state index is 11.0. The number of halogens is 1. The van der Waals surface area contributed by atoms with E-state index >= 15 is 0 Å². The Kier molecular flexibility index (Phi) is 4.14. The standard InChI is InChI=1S/C12H16ClNO3S/c13-11-6-9(2-1-5-14)3-4-12(11)17-10-7-18(15,16)8-10/h3-4,6,10H,1-2,5,7-8,14H2. The second-order valence-corrected chi connectivity index (χ2v) is 7.03. The van der Waals surface area contributed by atoms with Crippen LogP contribution < -0.4 is 10.5 Å². The zero-order valence-electron chi connectivity index (χ0n) is 9.93. The van der Waals surface area contributed by atoms with Crippen LogP contribution in [0.3, 0.4) is 0 Å². The number of benzene rings is 1. The molecule has 2 N–H and O–H groups in total. The smallest absolute Gasteiger partial charge is 0.157 e. The van der Waals surface area contributed by atoms with Crippen LogP contribution in [0.5, 0.6) is 5.75 Å². The van der Waals surface area contributed by atoms with E-state index in [1.165, 1.54) is 0 Å². The Morgan fingerprint density at radius 3 is 2.67 bits per heavy atom. The fraction of sp³-hybridized carbons (Fsp3) is 0.500. The van der Waals surface area contributed by atoms with Gasteiger partial charge in [-0.3, -0.25) is 0 Å². The molecule has 0 radical (unpaired) electrons. The summed E-state index contributed by atoms with van der Waals surface area (Å²) in [5.74, 6) is 0.712. The molecule has 0 saturated carbocycles. The SMILES string of the molecule is NCCCc1ccc(OC2CS(=O)(=O)C2)c(Cl)c1. The quantitative estimate of drug-likeness (QED) is 0.890. The van der Waals surface area contributed by atoms with Gasteiger partial charge in [0, 0.05) is 0 Å². The van der Waals surface area contributed by atoms with Crippen LogP contribution in [-0.2, 0) is 16.3 Å². The van der Waals surface area contributed by atoms with Gasteiger partial charge in [0.25, 0.3) is 0 Å². The van der Waals surface area contributed by atoms with Crippen molar-refractivity contribution < 1.29 is 13.2 Å². The Bertz CT molecular complexity index is 518. The monoisotopic (exact) mass is 289 g/mol. The van der Waals surface area contributed by atoms with Gasteiger partial charge in [-0.25, -0.2) is 8.42 Å². The molecule has 1 aliphatic heterocycles.